The van der Waals surface area contributed by atoms with E-state index in [0.29, 0.717) is 6.42 Å². The smallest absolute Gasteiger partial charge is 0.0641 e. The van der Waals surface area contributed by atoms with Gasteiger partial charge in [-0.15, -0.1) is 0 Å². The molecular weight excluding hydrogens is 244 g/mol. The second-order valence-electron chi connectivity index (χ2n) is 5.13. The number of nitriles is 1. The summed E-state index contributed by atoms with van der Waals surface area (Å²) in [6.07, 6.45) is 0.506. The van der Waals surface area contributed by atoms with Gasteiger partial charge in [-0.2, -0.15) is 5.26 Å². The Labute approximate surface area is 121 Å². The van der Waals surface area contributed by atoms with Crippen molar-refractivity contribution in [2.75, 3.05) is 7.05 Å². The van der Waals surface area contributed by atoms with Crippen LogP contribution in [0.5, 0.6) is 0 Å². The minimum Gasteiger partial charge on any atom is -0.294 e. The molecule has 0 aromatic heterocycles. The van der Waals surface area contributed by atoms with Crippen LogP contribution in [-0.2, 0) is 6.54 Å². The zero-order chi connectivity index (χ0) is 14.4. The first kappa shape index (κ1) is 14.3. The summed E-state index contributed by atoms with van der Waals surface area (Å²) in [4.78, 5) is 2.25. The van der Waals surface area contributed by atoms with Gasteiger partial charge in [0, 0.05) is 12.6 Å². The highest BCUT2D eigenvalue weighted by atomic mass is 15.1. The van der Waals surface area contributed by atoms with Crippen molar-refractivity contribution in [1.29, 1.82) is 5.26 Å². The minimum atomic E-state index is 0.140. The number of hydrogen-bond donors (Lipinski definition) is 0. The highest BCUT2D eigenvalue weighted by molar-refractivity contribution is 5.26. The van der Waals surface area contributed by atoms with Gasteiger partial charge in [0.05, 0.1) is 12.5 Å². The molecular formula is C18H20N2. The standard InChI is InChI=1S/C18H20N2/c1-15-8-6-7-11-17(15)14-20(2)18(12-13-19)16-9-4-3-5-10-16/h3-11,18H,12,14H2,1-2H3. The molecule has 0 radical (unpaired) electrons. The van der Waals surface area contributed by atoms with Crippen molar-refractivity contribution in [3.05, 3.63) is 71.3 Å². The average Bonchev–Trinajstić information content (AvgIpc) is 2.48. The molecule has 2 heteroatoms. The second kappa shape index (κ2) is 6.88. The molecule has 2 rings (SSSR count). The van der Waals surface area contributed by atoms with Crippen LogP contribution < -0.4 is 0 Å². The summed E-state index contributed by atoms with van der Waals surface area (Å²) in [6, 6.07) is 21.1. The first-order chi connectivity index (χ1) is 9.72. The van der Waals surface area contributed by atoms with E-state index in [4.69, 9.17) is 5.26 Å². The zero-order valence-electron chi connectivity index (χ0n) is 12.1. The summed E-state index contributed by atoms with van der Waals surface area (Å²) in [5.74, 6) is 0. The van der Waals surface area contributed by atoms with Crippen LogP contribution >= 0.6 is 0 Å². The molecule has 0 heterocycles. The Balaban J connectivity index is 2.18. The minimum absolute atomic E-state index is 0.140. The number of nitrogens with zero attached hydrogens (tertiary/aromatic N) is 2. The van der Waals surface area contributed by atoms with Crippen LogP contribution in [0.1, 0.15) is 29.2 Å². The van der Waals surface area contributed by atoms with E-state index < -0.39 is 0 Å². The monoisotopic (exact) mass is 264 g/mol. The third-order valence-corrected chi connectivity index (χ3v) is 3.68. The van der Waals surface area contributed by atoms with Crippen molar-refractivity contribution in [2.24, 2.45) is 0 Å². The molecule has 2 aromatic rings. The summed E-state index contributed by atoms with van der Waals surface area (Å²) in [5, 5.41) is 9.09. The Morgan fingerprint density at radius 2 is 1.70 bits per heavy atom. The SMILES string of the molecule is Cc1ccccc1CN(C)C(CC#N)c1ccccc1. The van der Waals surface area contributed by atoms with Crippen LogP contribution in [0.15, 0.2) is 54.6 Å². The molecule has 0 N–H and O–H groups in total. The lowest BCUT2D eigenvalue weighted by Gasteiger charge is -2.27. The molecule has 0 fully saturated rings. The summed E-state index contributed by atoms with van der Waals surface area (Å²) in [5.41, 5.74) is 3.81. The van der Waals surface area contributed by atoms with Crippen LogP contribution in [0.2, 0.25) is 0 Å². The average molecular weight is 264 g/mol. The fraction of sp³-hybridized carbons (Fsp3) is 0.278. The molecule has 0 aliphatic carbocycles. The van der Waals surface area contributed by atoms with E-state index >= 15 is 0 Å². The summed E-state index contributed by atoms with van der Waals surface area (Å²) >= 11 is 0. The van der Waals surface area contributed by atoms with Crippen LogP contribution in [0.25, 0.3) is 0 Å². The molecule has 1 atom stereocenters. The predicted molar refractivity (Wildman–Crippen MR) is 82.1 cm³/mol. The van der Waals surface area contributed by atoms with E-state index in [0.717, 1.165) is 6.54 Å². The molecule has 20 heavy (non-hydrogen) atoms. The summed E-state index contributed by atoms with van der Waals surface area (Å²) in [7, 11) is 2.08. The van der Waals surface area contributed by atoms with E-state index in [1.165, 1.54) is 16.7 Å². The lowest BCUT2D eigenvalue weighted by molar-refractivity contribution is 0.239. The topological polar surface area (TPSA) is 27.0 Å². The Hall–Kier alpha value is -2.11. The van der Waals surface area contributed by atoms with Crippen LogP contribution in [0, 0.1) is 18.3 Å². The zero-order valence-corrected chi connectivity index (χ0v) is 12.1. The van der Waals surface area contributed by atoms with Gasteiger partial charge in [0.1, 0.15) is 0 Å². The lowest BCUT2D eigenvalue weighted by atomic mass is 10.0. The maximum atomic E-state index is 9.09. The van der Waals surface area contributed by atoms with Crippen molar-refractivity contribution in [2.45, 2.75) is 25.9 Å². The maximum Gasteiger partial charge on any atom is 0.0641 e. The molecule has 102 valence electrons. The van der Waals surface area contributed by atoms with Gasteiger partial charge in [0.15, 0.2) is 0 Å². The largest absolute Gasteiger partial charge is 0.294 e. The molecule has 0 bridgehead atoms. The van der Waals surface area contributed by atoms with E-state index in [1.54, 1.807) is 0 Å². The Bertz CT molecular complexity index is 584. The normalized spacial score (nSPS) is 12.1. The van der Waals surface area contributed by atoms with Gasteiger partial charge in [-0.1, -0.05) is 54.6 Å². The van der Waals surface area contributed by atoms with Gasteiger partial charge in [-0.05, 0) is 30.7 Å². The van der Waals surface area contributed by atoms with Gasteiger partial charge < -0.3 is 0 Å². The summed E-state index contributed by atoms with van der Waals surface area (Å²) < 4.78 is 0. The number of hydrogen-bond acceptors (Lipinski definition) is 2. The Morgan fingerprint density at radius 1 is 1.05 bits per heavy atom. The molecule has 0 aliphatic rings. The first-order valence-electron chi connectivity index (χ1n) is 6.89. The fourth-order valence-corrected chi connectivity index (χ4v) is 2.46. The molecule has 1 unspecified atom stereocenters. The van der Waals surface area contributed by atoms with Crippen molar-refractivity contribution in [1.82, 2.24) is 4.90 Å². The van der Waals surface area contributed by atoms with Crippen molar-refractivity contribution < 1.29 is 0 Å². The molecule has 0 aliphatic heterocycles. The number of benzene rings is 2. The third kappa shape index (κ3) is 3.46. The number of aryl methyl sites for hydroxylation is 1. The quantitative estimate of drug-likeness (QED) is 0.813. The molecule has 0 amide bonds. The van der Waals surface area contributed by atoms with Gasteiger partial charge in [-0.25, -0.2) is 0 Å². The highest BCUT2D eigenvalue weighted by Gasteiger charge is 2.17. The van der Waals surface area contributed by atoms with Crippen molar-refractivity contribution >= 4 is 0 Å². The molecule has 0 saturated carbocycles. The van der Waals surface area contributed by atoms with Gasteiger partial charge >= 0.3 is 0 Å². The molecule has 2 aromatic carbocycles. The van der Waals surface area contributed by atoms with E-state index in [2.05, 4.69) is 61.3 Å². The fourth-order valence-electron chi connectivity index (χ4n) is 2.46. The van der Waals surface area contributed by atoms with E-state index in [-0.39, 0.29) is 6.04 Å². The Kier molecular flexibility index (Phi) is 4.92. The van der Waals surface area contributed by atoms with Gasteiger partial charge in [-0.3, -0.25) is 4.90 Å². The van der Waals surface area contributed by atoms with Crippen molar-refractivity contribution in [3.63, 3.8) is 0 Å². The second-order valence-corrected chi connectivity index (χ2v) is 5.13. The van der Waals surface area contributed by atoms with Crippen LogP contribution in [-0.4, -0.2) is 11.9 Å². The third-order valence-electron chi connectivity index (χ3n) is 3.68. The number of rotatable bonds is 5. The molecule has 2 nitrogen and oxygen atoms in total. The van der Waals surface area contributed by atoms with E-state index in [1.807, 2.05) is 18.2 Å². The molecule has 0 spiro atoms. The summed E-state index contributed by atoms with van der Waals surface area (Å²) in [6.45, 7) is 2.99. The Morgan fingerprint density at radius 3 is 2.35 bits per heavy atom. The van der Waals surface area contributed by atoms with Crippen LogP contribution in [0.3, 0.4) is 0 Å². The van der Waals surface area contributed by atoms with Crippen LogP contribution in [0.4, 0.5) is 0 Å². The first-order valence-corrected chi connectivity index (χ1v) is 6.89. The predicted octanol–water partition coefficient (Wildman–Crippen LogP) is 4.08. The van der Waals surface area contributed by atoms with Crippen molar-refractivity contribution in [3.8, 4) is 6.07 Å². The highest BCUT2D eigenvalue weighted by Crippen LogP contribution is 2.24. The van der Waals surface area contributed by atoms with Gasteiger partial charge in [0.2, 0.25) is 0 Å². The van der Waals surface area contributed by atoms with Gasteiger partial charge in [0.25, 0.3) is 0 Å². The maximum absolute atomic E-state index is 9.09. The lowest BCUT2D eigenvalue weighted by Crippen LogP contribution is -2.24. The van der Waals surface area contributed by atoms with E-state index in [9.17, 15) is 0 Å². The molecule has 0 saturated heterocycles.